The molecule has 0 aromatic rings. The third-order valence-corrected chi connectivity index (χ3v) is 8.85. The van der Waals surface area contributed by atoms with Crippen molar-refractivity contribution in [1.82, 2.24) is 0 Å². The Morgan fingerprint density at radius 1 is 0.340 bits per heavy atom. The third-order valence-electron chi connectivity index (χ3n) is 8.85. The zero-order valence-electron chi connectivity index (χ0n) is 32.1. The normalized spacial score (nSPS) is 15.1. The summed E-state index contributed by atoms with van der Waals surface area (Å²) in [6.45, 7) is 19.9. The van der Waals surface area contributed by atoms with Crippen LogP contribution in [0.4, 0.5) is 0 Å². The first-order valence-electron chi connectivity index (χ1n) is 18.4. The van der Waals surface area contributed by atoms with Crippen molar-refractivity contribution < 1.29 is 9.90 Å². The number of hydrogen-bond donors (Lipinski definition) is 1. The fourth-order valence-corrected chi connectivity index (χ4v) is 5.37. The predicted octanol–water partition coefficient (Wildman–Crippen LogP) is 13.9. The van der Waals surface area contributed by atoms with Crippen LogP contribution in [0.5, 0.6) is 0 Å². The van der Waals surface area contributed by atoms with Crippen molar-refractivity contribution in [3.63, 3.8) is 0 Å². The third kappa shape index (κ3) is 29.2. The van der Waals surface area contributed by atoms with Crippen LogP contribution in [0, 0.1) is 0 Å². The first kappa shape index (κ1) is 44.3. The van der Waals surface area contributed by atoms with E-state index in [4.69, 9.17) is 5.11 Å². The topological polar surface area (TPSA) is 37.3 Å². The summed E-state index contributed by atoms with van der Waals surface area (Å²) in [4.78, 5) is 10.7. The molecule has 2 nitrogen and oxygen atoms in total. The summed E-state index contributed by atoms with van der Waals surface area (Å²) in [5, 5.41) is 8.96. The van der Waals surface area contributed by atoms with Crippen LogP contribution in [0.1, 0.15) is 165 Å². The maximum atomic E-state index is 10.7. The van der Waals surface area contributed by atoms with Crippen LogP contribution in [0.2, 0.25) is 0 Å². The molecule has 0 aromatic heterocycles. The largest absolute Gasteiger partial charge is 0.392 e. The molecule has 1 N–H and O–H groups in total. The van der Waals surface area contributed by atoms with Gasteiger partial charge in [-0.2, -0.15) is 0 Å². The summed E-state index contributed by atoms with van der Waals surface area (Å²) in [5.74, 6) is 0. The van der Waals surface area contributed by atoms with E-state index in [1.54, 1.807) is 0 Å². The summed E-state index contributed by atoms with van der Waals surface area (Å²) in [5.41, 5.74) is 12.5. The van der Waals surface area contributed by atoms with Crippen molar-refractivity contribution in [2.75, 3.05) is 6.61 Å². The molecule has 0 rings (SSSR count). The fraction of sp³-hybridized carbons (Fsp3) is 0.578. The minimum atomic E-state index is 0.146. The molecule has 2 heteroatoms. The molecule has 0 saturated carbocycles. The van der Waals surface area contributed by atoms with Gasteiger partial charge in [-0.05, 0) is 171 Å². The van der Waals surface area contributed by atoms with Crippen molar-refractivity contribution in [2.45, 2.75) is 165 Å². The number of aliphatic hydroxyl groups is 1. The van der Waals surface area contributed by atoms with Crippen LogP contribution < -0.4 is 0 Å². The highest BCUT2D eigenvalue weighted by Crippen LogP contribution is 2.17. The molecule has 0 atom stereocenters. The van der Waals surface area contributed by atoms with E-state index in [-0.39, 0.29) is 6.61 Å². The zero-order valence-corrected chi connectivity index (χ0v) is 32.1. The van der Waals surface area contributed by atoms with Gasteiger partial charge in [-0.1, -0.05) is 99.3 Å². The molecule has 0 spiro atoms. The van der Waals surface area contributed by atoms with Gasteiger partial charge in [-0.3, -0.25) is 4.79 Å². The van der Waals surface area contributed by atoms with Gasteiger partial charge >= 0.3 is 0 Å². The SMILES string of the molecule is C/C(=C/CO)CC/C=C(/C)CC/C=C(/C)CC/C=C(/C)CC/C=C(/C)CC/C=C(/C)CC/C=C(\C)CC/C=C(\C)CC/C=C(\C)C=O. The van der Waals surface area contributed by atoms with E-state index >= 15 is 0 Å². The molecule has 0 heterocycles. The molecule has 0 aliphatic carbocycles. The quantitative estimate of drug-likeness (QED) is 0.0578. The van der Waals surface area contributed by atoms with Crippen molar-refractivity contribution in [2.24, 2.45) is 0 Å². The van der Waals surface area contributed by atoms with Gasteiger partial charge in [0.2, 0.25) is 0 Å². The van der Waals surface area contributed by atoms with Crippen LogP contribution in [0.3, 0.4) is 0 Å². The molecule has 0 aliphatic heterocycles. The molecular formula is C45H72O2. The molecular weight excluding hydrogens is 572 g/mol. The van der Waals surface area contributed by atoms with Gasteiger partial charge in [0.15, 0.2) is 0 Å². The lowest BCUT2D eigenvalue weighted by atomic mass is 10.0. The molecule has 0 fully saturated rings. The molecule has 0 unspecified atom stereocenters. The highest BCUT2D eigenvalue weighted by Gasteiger charge is 1.97. The summed E-state index contributed by atoms with van der Waals surface area (Å²) >= 11 is 0. The number of aliphatic hydroxyl groups excluding tert-OH is 1. The Bertz CT molecular complexity index is 1160. The smallest absolute Gasteiger partial charge is 0.145 e. The minimum Gasteiger partial charge on any atom is -0.392 e. The Balaban J connectivity index is 4.22. The minimum absolute atomic E-state index is 0.146. The number of carbonyl (C=O) groups is 1. The molecule has 0 radical (unpaired) electrons. The molecule has 0 aromatic carbocycles. The molecule has 47 heavy (non-hydrogen) atoms. The van der Waals surface area contributed by atoms with E-state index in [2.05, 4.69) is 97.9 Å². The average Bonchev–Trinajstić information content (AvgIpc) is 3.01. The highest BCUT2D eigenvalue weighted by atomic mass is 16.2. The molecule has 0 bridgehead atoms. The van der Waals surface area contributed by atoms with Gasteiger partial charge < -0.3 is 5.11 Å². The Hall–Kier alpha value is -2.71. The Kier molecular flexibility index (Phi) is 27.7. The van der Waals surface area contributed by atoms with E-state index in [0.717, 1.165) is 115 Å². The highest BCUT2D eigenvalue weighted by molar-refractivity contribution is 5.71. The van der Waals surface area contributed by atoms with Crippen LogP contribution in [-0.2, 0) is 4.79 Å². The average molecular weight is 645 g/mol. The Morgan fingerprint density at radius 2 is 0.532 bits per heavy atom. The standard InChI is InChI=1S/C45H72O2/c1-37(19-11-21-39(3)23-13-25-41(5)27-15-29-43(7)31-17-33-45(9)36-47)18-10-20-38(2)22-12-24-40(4)26-14-28-42(6)30-16-32-44(8)34-35-46/h18,21-22,25-26,29-30,33-34,36,46H,10-17,19-20,23-24,27-28,31-32,35H2,1-9H3/b37-18-,38-22-,39-21-,40-26-,41-25+,42-30-,43-29+,44-34-,45-33+. The van der Waals surface area contributed by atoms with Gasteiger partial charge in [0, 0.05) is 0 Å². The van der Waals surface area contributed by atoms with Gasteiger partial charge in [-0.25, -0.2) is 0 Å². The number of carbonyl (C=O) groups excluding carboxylic acids is 1. The van der Waals surface area contributed by atoms with Crippen LogP contribution in [0.15, 0.2) is 105 Å². The lowest BCUT2D eigenvalue weighted by Gasteiger charge is -2.04. The second-order valence-corrected chi connectivity index (χ2v) is 14.0. The van der Waals surface area contributed by atoms with Crippen molar-refractivity contribution >= 4 is 6.29 Å². The second kappa shape index (κ2) is 29.4. The summed E-state index contributed by atoms with van der Waals surface area (Å²) in [7, 11) is 0. The van der Waals surface area contributed by atoms with Crippen molar-refractivity contribution in [3.05, 3.63) is 105 Å². The first-order valence-corrected chi connectivity index (χ1v) is 18.4. The van der Waals surface area contributed by atoms with Gasteiger partial charge in [0.1, 0.15) is 6.29 Å². The van der Waals surface area contributed by atoms with E-state index in [0.29, 0.717) is 0 Å². The number of rotatable bonds is 26. The Morgan fingerprint density at radius 3 is 0.723 bits per heavy atom. The maximum Gasteiger partial charge on any atom is 0.145 e. The van der Waals surface area contributed by atoms with E-state index < -0.39 is 0 Å². The van der Waals surface area contributed by atoms with Crippen molar-refractivity contribution in [3.8, 4) is 0 Å². The van der Waals surface area contributed by atoms with Crippen molar-refractivity contribution in [1.29, 1.82) is 0 Å². The summed E-state index contributed by atoms with van der Waals surface area (Å²) < 4.78 is 0. The van der Waals surface area contributed by atoms with Crippen LogP contribution in [0.25, 0.3) is 0 Å². The number of aldehydes is 1. The monoisotopic (exact) mass is 645 g/mol. The van der Waals surface area contributed by atoms with Gasteiger partial charge in [0.25, 0.3) is 0 Å². The van der Waals surface area contributed by atoms with Gasteiger partial charge in [0.05, 0.1) is 6.61 Å². The van der Waals surface area contributed by atoms with E-state index in [9.17, 15) is 4.79 Å². The van der Waals surface area contributed by atoms with E-state index in [1.807, 2.05) is 19.1 Å². The lowest BCUT2D eigenvalue weighted by molar-refractivity contribution is -0.104. The molecule has 0 saturated heterocycles. The zero-order chi connectivity index (χ0) is 35.3. The fourth-order valence-electron chi connectivity index (χ4n) is 5.37. The molecule has 0 aliphatic rings. The maximum absolute atomic E-state index is 10.7. The number of allylic oxidation sites excluding steroid dienone is 17. The Labute approximate surface area is 292 Å². The second-order valence-electron chi connectivity index (χ2n) is 14.0. The van der Waals surface area contributed by atoms with Crippen LogP contribution in [-0.4, -0.2) is 18.0 Å². The van der Waals surface area contributed by atoms with E-state index in [1.165, 1.54) is 44.6 Å². The lowest BCUT2D eigenvalue weighted by Crippen LogP contribution is -1.84. The number of hydrogen-bond acceptors (Lipinski definition) is 2. The van der Waals surface area contributed by atoms with Crippen LogP contribution >= 0.6 is 0 Å². The van der Waals surface area contributed by atoms with Gasteiger partial charge in [-0.15, -0.1) is 0 Å². The first-order chi connectivity index (χ1) is 22.5. The molecule has 264 valence electrons. The predicted molar refractivity (Wildman–Crippen MR) is 211 cm³/mol. The molecule has 0 amide bonds. The summed E-state index contributed by atoms with van der Waals surface area (Å²) in [6.07, 6.45) is 39.5. The summed E-state index contributed by atoms with van der Waals surface area (Å²) in [6, 6.07) is 0.